The van der Waals surface area contributed by atoms with Crippen molar-refractivity contribution in [1.82, 2.24) is 0 Å². The van der Waals surface area contributed by atoms with Crippen LogP contribution in [0.25, 0.3) is 0 Å². The molecule has 2 heterocycles. The Morgan fingerprint density at radius 2 is 2.31 bits per heavy atom. The maximum absolute atomic E-state index is 8.45. The molecule has 0 N–H and O–H groups in total. The van der Waals surface area contributed by atoms with E-state index in [0.717, 1.165) is 32.3 Å². The number of hydrogen-bond donors (Lipinski definition) is 0. The Morgan fingerprint density at radius 3 is 3.08 bits per heavy atom. The average Bonchev–Trinajstić information content (AvgIpc) is 2.57. The first kappa shape index (κ1) is 8.98. The highest BCUT2D eigenvalue weighted by atomic mass is 16.6. The Morgan fingerprint density at radius 1 is 1.38 bits per heavy atom. The van der Waals surface area contributed by atoms with Crippen molar-refractivity contribution in [1.29, 1.82) is 5.26 Å². The van der Waals surface area contributed by atoms with Crippen LogP contribution in [-0.2, 0) is 9.47 Å². The van der Waals surface area contributed by atoms with Gasteiger partial charge in [0.15, 0.2) is 0 Å². The fourth-order valence-electron chi connectivity index (χ4n) is 2.16. The van der Waals surface area contributed by atoms with Crippen molar-refractivity contribution in [3.05, 3.63) is 0 Å². The molecule has 0 saturated carbocycles. The minimum absolute atomic E-state index is 0.271. The van der Waals surface area contributed by atoms with Crippen molar-refractivity contribution in [2.45, 2.75) is 50.4 Å². The molecule has 2 saturated heterocycles. The fraction of sp³-hybridized carbons (Fsp3) is 0.900. The van der Waals surface area contributed by atoms with E-state index in [1.165, 1.54) is 0 Å². The Kier molecular flexibility index (Phi) is 2.82. The molecule has 0 unspecified atom stereocenters. The van der Waals surface area contributed by atoms with E-state index in [2.05, 4.69) is 6.07 Å². The molecule has 3 nitrogen and oxygen atoms in total. The minimum atomic E-state index is 0.271. The first-order chi connectivity index (χ1) is 6.40. The monoisotopic (exact) mass is 181 g/mol. The van der Waals surface area contributed by atoms with Crippen LogP contribution in [0.5, 0.6) is 0 Å². The molecule has 0 radical (unpaired) electrons. The molecule has 2 aliphatic heterocycles. The van der Waals surface area contributed by atoms with Crippen LogP contribution in [0.2, 0.25) is 0 Å². The Bertz CT molecular complexity index is 197. The summed E-state index contributed by atoms with van der Waals surface area (Å²) in [6.07, 6.45) is 5.62. The molecule has 0 aromatic carbocycles. The Balaban J connectivity index is 1.81. The first-order valence-corrected chi connectivity index (χ1v) is 5.04. The fourth-order valence-corrected chi connectivity index (χ4v) is 2.16. The zero-order valence-electron chi connectivity index (χ0n) is 7.74. The quantitative estimate of drug-likeness (QED) is 0.650. The van der Waals surface area contributed by atoms with Gasteiger partial charge >= 0.3 is 0 Å². The largest absolute Gasteiger partial charge is 0.375 e. The van der Waals surface area contributed by atoms with E-state index in [9.17, 15) is 0 Å². The first-order valence-electron chi connectivity index (χ1n) is 5.04. The Hall–Kier alpha value is -0.590. The number of fused-ring (bicyclic) bond motifs is 1. The lowest BCUT2D eigenvalue weighted by Gasteiger charge is -2.23. The van der Waals surface area contributed by atoms with Gasteiger partial charge in [0, 0.05) is 19.4 Å². The van der Waals surface area contributed by atoms with Gasteiger partial charge in [-0.05, 0) is 19.3 Å². The van der Waals surface area contributed by atoms with Gasteiger partial charge in [-0.1, -0.05) is 0 Å². The topological polar surface area (TPSA) is 42.2 Å². The van der Waals surface area contributed by atoms with Gasteiger partial charge < -0.3 is 9.47 Å². The van der Waals surface area contributed by atoms with Crippen LogP contribution in [0, 0.1) is 11.3 Å². The van der Waals surface area contributed by atoms with Gasteiger partial charge in [0.25, 0.3) is 0 Å². The van der Waals surface area contributed by atoms with Crippen LogP contribution in [0.4, 0.5) is 0 Å². The van der Waals surface area contributed by atoms with Crippen molar-refractivity contribution in [3.8, 4) is 6.07 Å². The summed E-state index contributed by atoms with van der Waals surface area (Å²) in [5.41, 5.74) is 0. The molecule has 0 aliphatic carbocycles. The van der Waals surface area contributed by atoms with Crippen LogP contribution < -0.4 is 0 Å². The molecule has 2 fully saturated rings. The maximum atomic E-state index is 8.45. The highest BCUT2D eigenvalue weighted by molar-refractivity contribution is 4.87. The zero-order valence-corrected chi connectivity index (χ0v) is 7.74. The average molecular weight is 181 g/mol. The zero-order chi connectivity index (χ0) is 9.10. The molecule has 0 aromatic rings. The van der Waals surface area contributed by atoms with Crippen LogP contribution in [-0.4, -0.2) is 24.9 Å². The van der Waals surface area contributed by atoms with Crippen molar-refractivity contribution in [3.63, 3.8) is 0 Å². The van der Waals surface area contributed by atoms with E-state index in [1.54, 1.807) is 0 Å². The van der Waals surface area contributed by atoms with E-state index >= 15 is 0 Å². The molecule has 3 atom stereocenters. The molecule has 2 rings (SSSR count). The molecule has 0 spiro atoms. The van der Waals surface area contributed by atoms with Crippen molar-refractivity contribution in [2.75, 3.05) is 6.61 Å². The number of nitriles is 1. The second kappa shape index (κ2) is 4.08. The third-order valence-corrected chi connectivity index (χ3v) is 2.82. The van der Waals surface area contributed by atoms with Crippen LogP contribution >= 0.6 is 0 Å². The van der Waals surface area contributed by atoms with E-state index in [0.29, 0.717) is 18.6 Å². The van der Waals surface area contributed by atoms with Crippen molar-refractivity contribution < 1.29 is 9.47 Å². The van der Waals surface area contributed by atoms with E-state index < -0.39 is 0 Å². The maximum Gasteiger partial charge on any atom is 0.0861 e. The predicted octanol–water partition coefficient (Wildman–Crippen LogP) is 1.63. The Labute approximate surface area is 78.6 Å². The predicted molar refractivity (Wildman–Crippen MR) is 47.1 cm³/mol. The van der Waals surface area contributed by atoms with Crippen molar-refractivity contribution in [2.24, 2.45) is 0 Å². The molecular weight excluding hydrogens is 166 g/mol. The summed E-state index contributed by atoms with van der Waals surface area (Å²) < 4.78 is 11.4. The highest BCUT2D eigenvalue weighted by Crippen LogP contribution is 2.31. The molecule has 13 heavy (non-hydrogen) atoms. The summed E-state index contributed by atoms with van der Waals surface area (Å²) >= 11 is 0. The summed E-state index contributed by atoms with van der Waals surface area (Å²) in [5.74, 6) is 0. The molecule has 2 aliphatic rings. The molecule has 72 valence electrons. The molecular formula is C10H15NO2. The van der Waals surface area contributed by atoms with Crippen LogP contribution in [0.15, 0.2) is 0 Å². The molecule has 3 heteroatoms. The molecule has 0 amide bonds. The minimum Gasteiger partial charge on any atom is -0.375 e. The van der Waals surface area contributed by atoms with E-state index in [-0.39, 0.29) is 6.10 Å². The normalized spacial score (nSPS) is 38.2. The summed E-state index contributed by atoms with van der Waals surface area (Å²) in [6, 6.07) is 2.16. The van der Waals surface area contributed by atoms with Gasteiger partial charge in [0.1, 0.15) is 0 Å². The van der Waals surface area contributed by atoms with Gasteiger partial charge in [0.05, 0.1) is 24.4 Å². The number of hydrogen-bond acceptors (Lipinski definition) is 3. The van der Waals surface area contributed by atoms with Gasteiger partial charge in [-0.15, -0.1) is 0 Å². The second-order valence-corrected chi connectivity index (χ2v) is 3.78. The number of ether oxygens (including phenoxy) is 2. The summed E-state index contributed by atoms with van der Waals surface area (Å²) in [4.78, 5) is 0. The van der Waals surface area contributed by atoms with Gasteiger partial charge in [-0.3, -0.25) is 0 Å². The standard InChI is InChI=1S/C10H15NO2/c11-5-1-3-8-7-10-9(13-8)4-2-6-12-10/h8-10H,1-4,6-7H2/t8-,9+,10+/m0/s1. The van der Waals surface area contributed by atoms with Gasteiger partial charge in [-0.2, -0.15) is 5.26 Å². The van der Waals surface area contributed by atoms with E-state index in [4.69, 9.17) is 14.7 Å². The van der Waals surface area contributed by atoms with Crippen LogP contribution in [0.1, 0.15) is 32.1 Å². The smallest absolute Gasteiger partial charge is 0.0861 e. The van der Waals surface area contributed by atoms with Gasteiger partial charge in [-0.25, -0.2) is 0 Å². The lowest BCUT2D eigenvalue weighted by molar-refractivity contribution is -0.0581. The summed E-state index contributed by atoms with van der Waals surface area (Å²) in [6.45, 7) is 0.884. The summed E-state index contributed by atoms with van der Waals surface area (Å²) in [5, 5.41) is 8.45. The van der Waals surface area contributed by atoms with E-state index in [1.807, 2.05) is 0 Å². The van der Waals surface area contributed by atoms with Crippen LogP contribution in [0.3, 0.4) is 0 Å². The van der Waals surface area contributed by atoms with Gasteiger partial charge in [0.2, 0.25) is 0 Å². The second-order valence-electron chi connectivity index (χ2n) is 3.78. The lowest BCUT2D eigenvalue weighted by Crippen LogP contribution is -2.29. The molecule has 0 aromatic heterocycles. The van der Waals surface area contributed by atoms with Crippen molar-refractivity contribution >= 4 is 0 Å². The number of rotatable bonds is 2. The molecule has 0 bridgehead atoms. The third-order valence-electron chi connectivity index (χ3n) is 2.82. The highest BCUT2D eigenvalue weighted by Gasteiger charge is 2.37. The number of nitrogens with zero attached hydrogens (tertiary/aromatic N) is 1. The summed E-state index contributed by atoms with van der Waals surface area (Å²) in [7, 11) is 0. The third kappa shape index (κ3) is 2.01. The lowest BCUT2D eigenvalue weighted by atomic mass is 10.0. The SMILES string of the molecule is N#CCC[C@H]1C[C@H]2OCCC[C@H]2O1.